The molecule has 0 heterocycles. The van der Waals surface area contributed by atoms with Crippen LogP contribution in [-0.4, -0.2) is 45.5 Å². The zero-order chi connectivity index (χ0) is 14.5. The lowest BCUT2D eigenvalue weighted by molar-refractivity contribution is -0.143. The lowest BCUT2D eigenvalue weighted by atomic mass is 10.1. The van der Waals surface area contributed by atoms with Gasteiger partial charge < -0.3 is 19.9 Å². The predicted octanol–water partition coefficient (Wildman–Crippen LogP) is 1.58. The molecule has 0 aromatic rings. The van der Waals surface area contributed by atoms with Crippen molar-refractivity contribution in [2.75, 3.05) is 39.6 Å². The van der Waals surface area contributed by atoms with E-state index < -0.39 is 0 Å². The third-order valence-corrected chi connectivity index (χ3v) is 2.78. The quantitative estimate of drug-likeness (QED) is 0.460. The molecule has 0 unspecified atom stereocenters. The average Bonchev–Trinajstić information content (AvgIpc) is 2.49. The Morgan fingerprint density at radius 1 is 1.15 bits per heavy atom. The number of nitrogens with two attached hydrogens (primary N) is 1. The van der Waals surface area contributed by atoms with Gasteiger partial charge in [-0.3, -0.25) is 4.79 Å². The van der Waals surface area contributed by atoms with E-state index in [4.69, 9.17) is 19.9 Å². The number of rotatable bonds is 11. The molecule has 1 aliphatic carbocycles. The summed E-state index contributed by atoms with van der Waals surface area (Å²) in [5, 5.41) is 0. The first kappa shape index (κ1) is 16.9. The molecular formula is C15H25NO4. The van der Waals surface area contributed by atoms with Crippen LogP contribution in [0.4, 0.5) is 0 Å². The van der Waals surface area contributed by atoms with Gasteiger partial charge in [0.05, 0.1) is 19.8 Å². The number of hydrogen-bond donors (Lipinski definition) is 1. The molecule has 0 aromatic heterocycles. The van der Waals surface area contributed by atoms with Crippen molar-refractivity contribution in [3.63, 3.8) is 0 Å². The molecule has 5 heteroatoms. The first-order valence-electron chi connectivity index (χ1n) is 7.19. The Balaban J connectivity index is 1.90. The summed E-state index contributed by atoms with van der Waals surface area (Å²) < 4.78 is 15.7. The minimum Gasteiger partial charge on any atom is -0.461 e. The maximum atomic E-state index is 11.5. The van der Waals surface area contributed by atoms with Crippen molar-refractivity contribution in [2.24, 2.45) is 5.73 Å². The van der Waals surface area contributed by atoms with E-state index in [9.17, 15) is 4.79 Å². The molecule has 0 fully saturated rings. The monoisotopic (exact) mass is 283 g/mol. The highest BCUT2D eigenvalue weighted by molar-refractivity contribution is 5.69. The molecule has 0 radical (unpaired) electrons. The highest BCUT2D eigenvalue weighted by Crippen LogP contribution is 2.10. The molecule has 5 nitrogen and oxygen atoms in total. The van der Waals surface area contributed by atoms with E-state index in [2.05, 4.69) is 12.2 Å². The van der Waals surface area contributed by atoms with E-state index in [1.165, 1.54) is 0 Å². The third-order valence-electron chi connectivity index (χ3n) is 2.78. The SMILES string of the molecule is NCCOCCOCCCC(=O)OCC1=CCCC=C1. The number of allylic oxidation sites excluding steroid dienone is 2. The van der Waals surface area contributed by atoms with Crippen molar-refractivity contribution >= 4 is 5.97 Å². The highest BCUT2D eigenvalue weighted by atomic mass is 16.5. The fraction of sp³-hybridized carbons (Fsp3) is 0.667. The van der Waals surface area contributed by atoms with Crippen molar-refractivity contribution in [3.8, 4) is 0 Å². The van der Waals surface area contributed by atoms with Gasteiger partial charge in [-0.1, -0.05) is 18.2 Å². The molecule has 0 atom stereocenters. The third kappa shape index (κ3) is 8.85. The van der Waals surface area contributed by atoms with Crippen LogP contribution in [0, 0.1) is 0 Å². The van der Waals surface area contributed by atoms with E-state index in [0.29, 0.717) is 52.4 Å². The molecule has 2 N–H and O–H groups in total. The van der Waals surface area contributed by atoms with Crippen LogP contribution in [0.15, 0.2) is 23.8 Å². The second-order valence-corrected chi connectivity index (χ2v) is 4.54. The summed E-state index contributed by atoms with van der Waals surface area (Å²) in [6, 6.07) is 0. The zero-order valence-corrected chi connectivity index (χ0v) is 12.0. The van der Waals surface area contributed by atoms with Crippen LogP contribution in [0.5, 0.6) is 0 Å². The van der Waals surface area contributed by atoms with Crippen molar-refractivity contribution in [2.45, 2.75) is 25.7 Å². The molecule has 1 aliphatic rings. The van der Waals surface area contributed by atoms with Gasteiger partial charge in [0.2, 0.25) is 0 Å². The summed E-state index contributed by atoms with van der Waals surface area (Å²) in [4.78, 5) is 11.5. The first-order chi connectivity index (χ1) is 9.83. The van der Waals surface area contributed by atoms with E-state index >= 15 is 0 Å². The summed E-state index contributed by atoms with van der Waals surface area (Å²) in [5.41, 5.74) is 6.36. The van der Waals surface area contributed by atoms with Crippen LogP contribution in [0.2, 0.25) is 0 Å². The molecule has 0 aromatic carbocycles. The van der Waals surface area contributed by atoms with Crippen molar-refractivity contribution in [1.29, 1.82) is 0 Å². The Bertz CT molecular complexity index is 326. The smallest absolute Gasteiger partial charge is 0.306 e. The minimum atomic E-state index is -0.173. The van der Waals surface area contributed by atoms with Crippen molar-refractivity contribution in [1.82, 2.24) is 0 Å². The topological polar surface area (TPSA) is 70.8 Å². The summed E-state index contributed by atoms with van der Waals surface area (Å²) >= 11 is 0. The number of esters is 1. The normalized spacial score (nSPS) is 14.2. The number of hydrogen-bond acceptors (Lipinski definition) is 5. The second kappa shape index (κ2) is 11.6. The van der Waals surface area contributed by atoms with Gasteiger partial charge >= 0.3 is 5.97 Å². The van der Waals surface area contributed by atoms with Crippen molar-refractivity contribution in [3.05, 3.63) is 23.8 Å². The van der Waals surface area contributed by atoms with Crippen LogP contribution in [0.1, 0.15) is 25.7 Å². The minimum absolute atomic E-state index is 0.173. The molecule has 1 rings (SSSR count). The number of carbonyl (C=O) groups excluding carboxylic acids is 1. The lowest BCUT2D eigenvalue weighted by Gasteiger charge is -2.08. The van der Waals surface area contributed by atoms with Crippen LogP contribution in [0.25, 0.3) is 0 Å². The highest BCUT2D eigenvalue weighted by Gasteiger charge is 2.04. The first-order valence-corrected chi connectivity index (χ1v) is 7.19. The number of ether oxygens (including phenoxy) is 3. The predicted molar refractivity (Wildman–Crippen MR) is 77.3 cm³/mol. The number of carbonyl (C=O) groups is 1. The van der Waals surface area contributed by atoms with Gasteiger partial charge in [0.15, 0.2) is 0 Å². The largest absolute Gasteiger partial charge is 0.461 e. The summed E-state index contributed by atoms with van der Waals surface area (Å²) in [5.74, 6) is -0.173. The lowest BCUT2D eigenvalue weighted by Crippen LogP contribution is -2.13. The van der Waals surface area contributed by atoms with Gasteiger partial charge in [0, 0.05) is 19.6 Å². The molecule has 0 bridgehead atoms. The molecular weight excluding hydrogens is 258 g/mol. The van der Waals surface area contributed by atoms with E-state index in [0.717, 1.165) is 18.4 Å². The molecule has 0 aliphatic heterocycles. The zero-order valence-electron chi connectivity index (χ0n) is 12.0. The maximum Gasteiger partial charge on any atom is 0.306 e. The molecule has 0 amide bonds. The molecule has 0 spiro atoms. The van der Waals surface area contributed by atoms with Gasteiger partial charge in [0.25, 0.3) is 0 Å². The van der Waals surface area contributed by atoms with Gasteiger partial charge in [-0.25, -0.2) is 0 Å². The average molecular weight is 283 g/mol. The van der Waals surface area contributed by atoms with Gasteiger partial charge in [0.1, 0.15) is 6.61 Å². The van der Waals surface area contributed by atoms with Gasteiger partial charge in [-0.2, -0.15) is 0 Å². The Morgan fingerprint density at radius 2 is 1.95 bits per heavy atom. The second-order valence-electron chi connectivity index (χ2n) is 4.54. The molecule has 20 heavy (non-hydrogen) atoms. The van der Waals surface area contributed by atoms with Crippen LogP contribution in [-0.2, 0) is 19.0 Å². The van der Waals surface area contributed by atoms with Crippen LogP contribution >= 0.6 is 0 Å². The summed E-state index contributed by atoms with van der Waals surface area (Å²) in [6.07, 6.45) is 9.39. The Hall–Kier alpha value is -1.17. The Kier molecular flexibility index (Phi) is 9.83. The molecule has 0 saturated heterocycles. The van der Waals surface area contributed by atoms with E-state index in [-0.39, 0.29) is 5.97 Å². The molecule has 114 valence electrons. The van der Waals surface area contributed by atoms with E-state index in [1.807, 2.05) is 6.08 Å². The summed E-state index contributed by atoms with van der Waals surface area (Å²) in [6.45, 7) is 3.08. The van der Waals surface area contributed by atoms with Crippen molar-refractivity contribution < 1.29 is 19.0 Å². The maximum absolute atomic E-state index is 11.5. The fourth-order valence-electron chi connectivity index (χ4n) is 1.73. The van der Waals surface area contributed by atoms with Crippen LogP contribution < -0.4 is 5.73 Å². The van der Waals surface area contributed by atoms with Gasteiger partial charge in [-0.15, -0.1) is 0 Å². The Morgan fingerprint density at radius 3 is 2.65 bits per heavy atom. The Labute approximate surface area is 120 Å². The standard InChI is InChI=1S/C15H25NO4/c16-8-10-19-12-11-18-9-4-7-15(17)20-13-14-5-2-1-3-6-14/h2,5-6H,1,3-4,7-13,16H2. The fourth-order valence-corrected chi connectivity index (χ4v) is 1.73. The van der Waals surface area contributed by atoms with Crippen LogP contribution in [0.3, 0.4) is 0 Å². The molecule has 0 saturated carbocycles. The van der Waals surface area contributed by atoms with E-state index in [1.54, 1.807) is 0 Å². The summed E-state index contributed by atoms with van der Waals surface area (Å²) in [7, 11) is 0. The van der Waals surface area contributed by atoms with Gasteiger partial charge in [-0.05, 0) is 24.8 Å².